The summed E-state index contributed by atoms with van der Waals surface area (Å²) in [6, 6.07) is 0. The third-order valence-electron chi connectivity index (χ3n) is 1.09. The molecule has 0 atom stereocenters. The van der Waals surface area contributed by atoms with Gasteiger partial charge >= 0.3 is 5.82 Å². The molecule has 6 nitrogen and oxygen atoms in total. The summed E-state index contributed by atoms with van der Waals surface area (Å²) >= 11 is 0. The Morgan fingerprint density at radius 1 is 1.82 bits per heavy atom. The van der Waals surface area contributed by atoms with Crippen molar-refractivity contribution in [1.29, 1.82) is 0 Å². The van der Waals surface area contributed by atoms with Gasteiger partial charge in [-0.25, -0.2) is 0 Å². The maximum absolute atomic E-state index is 10.1. The summed E-state index contributed by atoms with van der Waals surface area (Å²) in [6.45, 7) is 0.0981. The molecular weight excluding hydrogens is 150 g/mol. The molecule has 6 heteroatoms. The Bertz CT molecular complexity index is 280. The van der Waals surface area contributed by atoms with Crippen LogP contribution >= 0.6 is 0 Å². The highest BCUT2D eigenvalue weighted by atomic mass is 16.6. The average molecular weight is 155 g/mol. The molecule has 0 unspecified atom stereocenters. The fraction of sp³-hybridized carbons (Fsp3) is 0.200. The molecule has 0 saturated carbocycles. The van der Waals surface area contributed by atoms with Gasteiger partial charge in [0.15, 0.2) is 0 Å². The first kappa shape index (κ1) is 7.39. The molecule has 11 heavy (non-hydrogen) atoms. The molecule has 0 fully saturated rings. The molecule has 0 spiro atoms. The normalized spacial score (nSPS) is 9.45. The first-order valence-corrected chi connectivity index (χ1v) is 2.84. The first-order chi connectivity index (χ1) is 5.24. The van der Waals surface area contributed by atoms with Crippen LogP contribution in [0.4, 0.5) is 5.82 Å². The molecule has 1 aromatic heterocycles. The van der Waals surface area contributed by atoms with E-state index in [0.717, 1.165) is 0 Å². The zero-order valence-corrected chi connectivity index (χ0v) is 5.51. The van der Waals surface area contributed by atoms with Gasteiger partial charge in [-0.3, -0.25) is 0 Å². The monoisotopic (exact) mass is 155 g/mol. The van der Waals surface area contributed by atoms with Gasteiger partial charge in [0.2, 0.25) is 6.33 Å². The third-order valence-corrected chi connectivity index (χ3v) is 1.09. The number of imidazole rings is 1. The fourth-order valence-electron chi connectivity index (χ4n) is 0.628. The van der Waals surface area contributed by atoms with E-state index < -0.39 is 4.92 Å². The zero-order valence-electron chi connectivity index (χ0n) is 5.51. The lowest BCUT2D eigenvalue weighted by Crippen LogP contribution is -1.94. The van der Waals surface area contributed by atoms with Crippen molar-refractivity contribution >= 4 is 12.1 Å². The van der Waals surface area contributed by atoms with E-state index in [4.69, 9.17) is 0 Å². The molecule has 0 aliphatic rings. The van der Waals surface area contributed by atoms with Crippen LogP contribution in [0.5, 0.6) is 0 Å². The molecular formula is C5H5N3O3. The van der Waals surface area contributed by atoms with E-state index in [1.54, 1.807) is 0 Å². The largest absolute Gasteiger partial charge is 0.381 e. The van der Waals surface area contributed by atoms with Crippen LogP contribution in [0.15, 0.2) is 12.5 Å². The Kier molecular flexibility index (Phi) is 1.95. The summed E-state index contributed by atoms with van der Waals surface area (Å²) in [5.41, 5.74) is 0. The van der Waals surface area contributed by atoms with Crippen molar-refractivity contribution in [3.05, 3.63) is 22.6 Å². The Labute approximate surface area is 61.6 Å². The van der Waals surface area contributed by atoms with Crippen molar-refractivity contribution in [3.63, 3.8) is 0 Å². The molecule has 58 valence electrons. The SMILES string of the molecule is O=CCn1cnc([N+](=O)[O-])c1. The van der Waals surface area contributed by atoms with Crippen LogP contribution in [0.2, 0.25) is 0 Å². The van der Waals surface area contributed by atoms with Crippen LogP contribution in [-0.4, -0.2) is 20.8 Å². The van der Waals surface area contributed by atoms with Gasteiger partial charge in [0.1, 0.15) is 12.5 Å². The quantitative estimate of drug-likeness (QED) is 0.349. The fourth-order valence-corrected chi connectivity index (χ4v) is 0.628. The van der Waals surface area contributed by atoms with Crippen LogP contribution in [0.1, 0.15) is 0 Å². The summed E-state index contributed by atoms with van der Waals surface area (Å²) in [4.78, 5) is 22.8. The molecule has 0 N–H and O–H groups in total. The minimum Gasteiger partial charge on any atom is -0.358 e. The van der Waals surface area contributed by atoms with Crippen LogP contribution in [-0.2, 0) is 11.3 Å². The molecule has 1 rings (SSSR count). The summed E-state index contributed by atoms with van der Waals surface area (Å²) in [6.07, 6.45) is 3.09. The summed E-state index contributed by atoms with van der Waals surface area (Å²) in [7, 11) is 0. The lowest BCUT2D eigenvalue weighted by Gasteiger charge is -1.86. The second kappa shape index (κ2) is 2.91. The molecule has 0 radical (unpaired) electrons. The maximum Gasteiger partial charge on any atom is 0.381 e. The highest BCUT2D eigenvalue weighted by molar-refractivity contribution is 5.49. The summed E-state index contributed by atoms with van der Waals surface area (Å²) in [5, 5.41) is 10.1. The van der Waals surface area contributed by atoms with E-state index >= 15 is 0 Å². The predicted octanol–water partition coefficient (Wildman–Crippen LogP) is -0.00980. The Hall–Kier alpha value is -1.72. The van der Waals surface area contributed by atoms with E-state index in [1.165, 1.54) is 17.1 Å². The van der Waals surface area contributed by atoms with Crippen LogP contribution in [0.25, 0.3) is 0 Å². The highest BCUT2D eigenvalue weighted by Crippen LogP contribution is 2.04. The predicted molar refractivity (Wildman–Crippen MR) is 34.9 cm³/mol. The Balaban J connectivity index is 2.81. The number of aldehydes is 1. The number of hydrogen-bond donors (Lipinski definition) is 0. The number of nitro groups is 1. The highest BCUT2D eigenvalue weighted by Gasteiger charge is 2.08. The second-order valence-electron chi connectivity index (χ2n) is 1.85. The second-order valence-corrected chi connectivity index (χ2v) is 1.85. The molecule has 1 heterocycles. The van der Waals surface area contributed by atoms with E-state index in [2.05, 4.69) is 4.98 Å². The Morgan fingerprint density at radius 2 is 2.55 bits per heavy atom. The van der Waals surface area contributed by atoms with E-state index in [9.17, 15) is 14.9 Å². The van der Waals surface area contributed by atoms with Crippen molar-refractivity contribution in [3.8, 4) is 0 Å². The van der Waals surface area contributed by atoms with Gasteiger partial charge in [0.25, 0.3) is 0 Å². The number of nitrogens with zero attached hydrogens (tertiary/aromatic N) is 3. The van der Waals surface area contributed by atoms with Gasteiger partial charge in [-0.05, 0) is 9.91 Å². The van der Waals surface area contributed by atoms with Gasteiger partial charge in [-0.1, -0.05) is 0 Å². The zero-order chi connectivity index (χ0) is 8.27. The van der Waals surface area contributed by atoms with Gasteiger partial charge in [0, 0.05) is 0 Å². The smallest absolute Gasteiger partial charge is 0.358 e. The number of aromatic nitrogens is 2. The van der Waals surface area contributed by atoms with Crippen LogP contribution in [0, 0.1) is 10.1 Å². The average Bonchev–Trinajstić information content (AvgIpc) is 2.37. The van der Waals surface area contributed by atoms with Gasteiger partial charge in [0.05, 0.1) is 6.54 Å². The molecule has 0 aromatic carbocycles. The molecule has 0 saturated heterocycles. The molecule has 0 aliphatic heterocycles. The van der Waals surface area contributed by atoms with Crippen LogP contribution in [0.3, 0.4) is 0 Å². The molecule has 0 bridgehead atoms. The van der Waals surface area contributed by atoms with Gasteiger partial charge < -0.3 is 19.5 Å². The molecule has 0 amide bonds. The number of rotatable bonds is 3. The molecule has 0 aliphatic carbocycles. The van der Waals surface area contributed by atoms with Gasteiger partial charge in [-0.2, -0.15) is 0 Å². The maximum atomic E-state index is 10.1. The van der Waals surface area contributed by atoms with Crippen molar-refractivity contribution in [1.82, 2.24) is 9.55 Å². The lowest BCUT2D eigenvalue weighted by molar-refractivity contribution is -0.389. The topological polar surface area (TPSA) is 78.0 Å². The standard InChI is InChI=1S/C5H5N3O3/c9-2-1-7-3-5(6-4-7)8(10)11/h2-4H,1H2. The minimum atomic E-state index is -0.610. The van der Waals surface area contributed by atoms with E-state index in [1.807, 2.05) is 0 Å². The summed E-state index contributed by atoms with van der Waals surface area (Å²) in [5.74, 6) is -0.244. The van der Waals surface area contributed by atoms with Crippen molar-refractivity contribution in [2.24, 2.45) is 0 Å². The number of carbonyl (C=O) groups excluding carboxylic acids is 1. The van der Waals surface area contributed by atoms with Gasteiger partial charge in [-0.15, -0.1) is 0 Å². The van der Waals surface area contributed by atoms with Crippen molar-refractivity contribution in [2.45, 2.75) is 6.54 Å². The summed E-state index contributed by atoms with van der Waals surface area (Å²) < 4.78 is 1.34. The third kappa shape index (κ3) is 1.60. The Morgan fingerprint density at radius 3 is 3.00 bits per heavy atom. The lowest BCUT2D eigenvalue weighted by atomic mass is 10.7. The number of carbonyl (C=O) groups is 1. The first-order valence-electron chi connectivity index (χ1n) is 2.84. The number of hydrogen-bond acceptors (Lipinski definition) is 4. The molecule has 1 aromatic rings. The van der Waals surface area contributed by atoms with Crippen molar-refractivity contribution < 1.29 is 9.72 Å². The minimum absolute atomic E-state index is 0.0981. The van der Waals surface area contributed by atoms with Crippen LogP contribution < -0.4 is 0 Å². The van der Waals surface area contributed by atoms with E-state index in [0.29, 0.717) is 6.29 Å². The van der Waals surface area contributed by atoms with E-state index in [-0.39, 0.29) is 12.4 Å². The van der Waals surface area contributed by atoms with Crippen molar-refractivity contribution in [2.75, 3.05) is 0 Å².